The first-order valence-electron chi connectivity index (χ1n) is 10.2. The molecule has 1 aliphatic heterocycles. The summed E-state index contributed by atoms with van der Waals surface area (Å²) < 4.78 is 21.5. The Bertz CT molecular complexity index is 892. The van der Waals surface area contributed by atoms with Gasteiger partial charge in [-0.1, -0.05) is 6.07 Å². The molecule has 0 radical (unpaired) electrons. The first-order chi connectivity index (χ1) is 14.2. The van der Waals surface area contributed by atoms with Crippen LogP contribution in [0.3, 0.4) is 0 Å². The van der Waals surface area contributed by atoms with E-state index < -0.39 is 11.7 Å². The minimum absolute atomic E-state index is 0.144. The number of aromatic nitrogens is 2. The highest BCUT2D eigenvalue weighted by atomic mass is 19.1. The molecule has 2 atom stereocenters. The van der Waals surface area contributed by atoms with Crippen LogP contribution in [0, 0.1) is 11.7 Å². The Morgan fingerprint density at radius 1 is 1.33 bits per heavy atom. The third-order valence-electron chi connectivity index (χ3n) is 5.21. The van der Waals surface area contributed by atoms with E-state index in [9.17, 15) is 14.0 Å². The van der Waals surface area contributed by atoms with Gasteiger partial charge in [0, 0.05) is 31.5 Å². The minimum atomic E-state index is -0.584. The van der Waals surface area contributed by atoms with Crippen molar-refractivity contribution in [2.45, 2.75) is 58.7 Å². The molecule has 2 aromatic rings. The summed E-state index contributed by atoms with van der Waals surface area (Å²) in [7, 11) is 0. The molecule has 3 rings (SSSR count). The second-order valence-electron chi connectivity index (χ2n) is 8.64. The fourth-order valence-corrected chi connectivity index (χ4v) is 3.66. The Morgan fingerprint density at radius 2 is 2.10 bits per heavy atom. The summed E-state index contributed by atoms with van der Waals surface area (Å²) >= 11 is 0. The van der Waals surface area contributed by atoms with Crippen molar-refractivity contribution in [2.75, 3.05) is 6.54 Å². The number of halogens is 1. The van der Waals surface area contributed by atoms with Gasteiger partial charge in [0.2, 0.25) is 5.91 Å². The van der Waals surface area contributed by atoms with Crippen molar-refractivity contribution in [1.82, 2.24) is 19.8 Å². The monoisotopic (exact) mass is 416 g/mol. The number of likely N-dealkylation sites (tertiary alicyclic amines) is 1. The number of rotatable bonds is 4. The predicted octanol–water partition coefficient (Wildman–Crippen LogP) is 3.66. The number of amides is 2. The number of carbonyl (C=O) groups excluding carboxylic acids is 2. The van der Waals surface area contributed by atoms with Crippen molar-refractivity contribution < 1.29 is 18.7 Å². The molecule has 1 saturated heterocycles. The van der Waals surface area contributed by atoms with Crippen molar-refractivity contribution in [1.29, 1.82) is 0 Å². The van der Waals surface area contributed by atoms with Gasteiger partial charge in [0.05, 0.1) is 17.9 Å². The standard InChI is InChI=1S/C22H29FN4O3/c1-15-17(6-5-10-27(15)21(29)30-22(2,3)4)20(28)25-13-16-7-8-19(18(23)12-16)26-11-9-24-14-26/h7-9,11-12,14-15,17H,5-6,10,13H2,1-4H3,(H,25,28)/t15-,17-/m0/s1. The van der Waals surface area contributed by atoms with Gasteiger partial charge >= 0.3 is 6.09 Å². The highest BCUT2D eigenvalue weighted by Gasteiger charge is 2.37. The van der Waals surface area contributed by atoms with Gasteiger partial charge < -0.3 is 19.5 Å². The molecule has 1 aromatic heterocycles. The molecule has 0 aliphatic carbocycles. The van der Waals surface area contributed by atoms with E-state index in [0.29, 0.717) is 24.2 Å². The Labute approximate surface area is 176 Å². The molecule has 1 fully saturated rings. The molecule has 1 aliphatic rings. The van der Waals surface area contributed by atoms with E-state index in [-0.39, 0.29) is 30.2 Å². The summed E-state index contributed by atoms with van der Waals surface area (Å²) in [4.78, 5) is 30.8. The number of hydrogen-bond acceptors (Lipinski definition) is 4. The summed E-state index contributed by atoms with van der Waals surface area (Å²) in [5, 5.41) is 2.88. The molecule has 162 valence electrons. The number of nitrogens with zero attached hydrogens (tertiary/aromatic N) is 3. The average molecular weight is 416 g/mol. The van der Waals surface area contributed by atoms with Crippen LogP contribution in [-0.2, 0) is 16.1 Å². The predicted molar refractivity (Wildman–Crippen MR) is 110 cm³/mol. The molecule has 0 spiro atoms. The highest BCUT2D eigenvalue weighted by Crippen LogP contribution is 2.26. The van der Waals surface area contributed by atoms with E-state index in [2.05, 4.69) is 10.3 Å². The number of ether oxygens (including phenoxy) is 1. The van der Waals surface area contributed by atoms with Crippen LogP contribution in [0.4, 0.5) is 9.18 Å². The van der Waals surface area contributed by atoms with E-state index in [0.717, 1.165) is 6.42 Å². The number of piperidine rings is 1. The zero-order chi connectivity index (χ0) is 21.9. The topological polar surface area (TPSA) is 76.5 Å². The van der Waals surface area contributed by atoms with Crippen molar-refractivity contribution in [3.8, 4) is 5.69 Å². The van der Waals surface area contributed by atoms with Crippen LogP contribution in [-0.4, -0.2) is 44.6 Å². The van der Waals surface area contributed by atoms with E-state index in [1.165, 1.54) is 12.4 Å². The van der Waals surface area contributed by atoms with Crippen LogP contribution in [0.1, 0.15) is 46.1 Å². The number of nitrogens with one attached hydrogen (secondary N) is 1. The number of hydrogen-bond donors (Lipinski definition) is 1. The number of benzene rings is 1. The second kappa shape index (κ2) is 8.85. The van der Waals surface area contributed by atoms with Crippen LogP contribution in [0.5, 0.6) is 0 Å². The summed E-state index contributed by atoms with van der Waals surface area (Å²) in [5.41, 5.74) is 0.479. The van der Waals surface area contributed by atoms with Gasteiger partial charge in [-0.3, -0.25) is 4.79 Å². The van der Waals surface area contributed by atoms with Crippen LogP contribution < -0.4 is 5.32 Å². The third-order valence-corrected chi connectivity index (χ3v) is 5.21. The summed E-state index contributed by atoms with van der Waals surface area (Å²) in [6.45, 7) is 8.12. The number of imidazole rings is 1. The molecule has 7 nitrogen and oxygen atoms in total. The van der Waals surface area contributed by atoms with E-state index in [1.807, 2.05) is 27.7 Å². The van der Waals surface area contributed by atoms with E-state index >= 15 is 0 Å². The van der Waals surface area contributed by atoms with Crippen LogP contribution >= 0.6 is 0 Å². The summed E-state index contributed by atoms with van der Waals surface area (Å²) in [6.07, 6.45) is 5.81. The first-order valence-corrected chi connectivity index (χ1v) is 10.2. The molecule has 0 unspecified atom stereocenters. The Kier molecular flexibility index (Phi) is 6.43. The summed E-state index contributed by atoms with van der Waals surface area (Å²) in [6, 6.07) is 4.57. The number of carbonyl (C=O) groups is 2. The molecule has 2 heterocycles. The van der Waals surface area contributed by atoms with Crippen molar-refractivity contribution in [3.63, 3.8) is 0 Å². The molecular formula is C22H29FN4O3. The normalized spacial score (nSPS) is 19.4. The van der Waals surface area contributed by atoms with Crippen LogP contribution in [0.2, 0.25) is 0 Å². The van der Waals surface area contributed by atoms with Crippen LogP contribution in [0.15, 0.2) is 36.9 Å². The molecule has 30 heavy (non-hydrogen) atoms. The molecule has 1 aromatic carbocycles. The van der Waals surface area contributed by atoms with Gasteiger partial charge in [-0.15, -0.1) is 0 Å². The maximum Gasteiger partial charge on any atom is 0.410 e. The summed E-state index contributed by atoms with van der Waals surface area (Å²) in [5.74, 6) is -0.863. The Morgan fingerprint density at radius 3 is 2.73 bits per heavy atom. The van der Waals surface area contributed by atoms with E-state index in [4.69, 9.17) is 4.74 Å². The zero-order valence-electron chi connectivity index (χ0n) is 17.9. The van der Waals surface area contributed by atoms with Crippen molar-refractivity contribution >= 4 is 12.0 Å². The average Bonchev–Trinajstić information content (AvgIpc) is 3.19. The van der Waals surface area contributed by atoms with Gasteiger partial charge in [-0.25, -0.2) is 14.2 Å². The lowest BCUT2D eigenvalue weighted by Gasteiger charge is -2.39. The maximum absolute atomic E-state index is 14.4. The first kappa shape index (κ1) is 21.8. The Hall–Kier alpha value is -2.90. The molecule has 1 N–H and O–H groups in total. The smallest absolute Gasteiger partial charge is 0.410 e. The van der Waals surface area contributed by atoms with Gasteiger partial charge in [0.1, 0.15) is 11.4 Å². The van der Waals surface area contributed by atoms with Crippen molar-refractivity contribution in [2.24, 2.45) is 5.92 Å². The third kappa shape index (κ3) is 5.17. The molecule has 0 bridgehead atoms. The second-order valence-corrected chi connectivity index (χ2v) is 8.64. The van der Waals surface area contributed by atoms with Gasteiger partial charge in [0.15, 0.2) is 0 Å². The lowest BCUT2D eigenvalue weighted by molar-refractivity contribution is -0.128. The Balaban J connectivity index is 1.60. The molecule has 0 saturated carbocycles. The lowest BCUT2D eigenvalue weighted by Crippen LogP contribution is -2.52. The van der Waals surface area contributed by atoms with Crippen molar-refractivity contribution in [3.05, 3.63) is 48.3 Å². The van der Waals surface area contributed by atoms with Gasteiger partial charge in [-0.05, 0) is 58.2 Å². The van der Waals surface area contributed by atoms with Crippen LogP contribution in [0.25, 0.3) is 5.69 Å². The molecule has 2 amide bonds. The molecule has 8 heteroatoms. The highest BCUT2D eigenvalue weighted by molar-refractivity contribution is 5.80. The SMILES string of the molecule is C[C@H]1[C@@H](C(=O)NCc2ccc(-n3ccnc3)c(F)c2)CCCN1C(=O)OC(C)(C)C. The fraction of sp³-hybridized carbons (Fsp3) is 0.500. The van der Waals surface area contributed by atoms with Gasteiger partial charge in [-0.2, -0.15) is 0 Å². The zero-order valence-corrected chi connectivity index (χ0v) is 17.9. The largest absolute Gasteiger partial charge is 0.444 e. The maximum atomic E-state index is 14.4. The van der Waals surface area contributed by atoms with Gasteiger partial charge in [0.25, 0.3) is 0 Å². The van der Waals surface area contributed by atoms with E-state index in [1.54, 1.807) is 34.0 Å². The minimum Gasteiger partial charge on any atom is -0.444 e. The molecular weight excluding hydrogens is 387 g/mol. The lowest BCUT2D eigenvalue weighted by atomic mass is 9.89. The quantitative estimate of drug-likeness (QED) is 0.825. The fourth-order valence-electron chi connectivity index (χ4n) is 3.66.